The van der Waals surface area contributed by atoms with Crippen molar-refractivity contribution in [2.75, 3.05) is 0 Å². The van der Waals surface area contributed by atoms with Crippen LogP contribution in [0.25, 0.3) is 11.0 Å². The molecule has 5 heteroatoms. The highest BCUT2D eigenvalue weighted by Crippen LogP contribution is 2.20. The molecule has 140 valence electrons. The van der Waals surface area contributed by atoms with Crippen molar-refractivity contribution < 1.29 is 13.9 Å². The number of hydrogen-bond acceptors (Lipinski definition) is 4. The number of fused-ring (bicyclic) bond motifs is 1. The number of aromatic nitrogens is 1. The largest absolute Gasteiger partial charge is 0.473 e. The van der Waals surface area contributed by atoms with Gasteiger partial charge in [0, 0.05) is 24.2 Å². The summed E-state index contributed by atoms with van der Waals surface area (Å²) in [4.78, 5) is 16.6. The first kappa shape index (κ1) is 17.8. The average molecular weight is 372 g/mol. The Hall–Kier alpha value is -3.60. The van der Waals surface area contributed by atoms with Crippen molar-refractivity contribution in [3.8, 4) is 5.88 Å². The smallest absolute Gasteiger partial charge is 0.287 e. The van der Waals surface area contributed by atoms with Gasteiger partial charge >= 0.3 is 0 Å². The molecule has 0 unspecified atom stereocenters. The minimum absolute atomic E-state index is 0.252. The van der Waals surface area contributed by atoms with Gasteiger partial charge in [-0.15, -0.1) is 0 Å². The van der Waals surface area contributed by atoms with Gasteiger partial charge in [-0.1, -0.05) is 42.0 Å². The monoisotopic (exact) mass is 372 g/mol. The number of ether oxygens (including phenoxy) is 1. The third-order valence-corrected chi connectivity index (χ3v) is 4.38. The van der Waals surface area contributed by atoms with Crippen LogP contribution in [0.5, 0.6) is 5.88 Å². The zero-order chi connectivity index (χ0) is 19.3. The lowest BCUT2D eigenvalue weighted by atomic mass is 10.2. The van der Waals surface area contributed by atoms with Crippen LogP contribution in [0.3, 0.4) is 0 Å². The highest BCUT2D eigenvalue weighted by atomic mass is 16.5. The molecule has 28 heavy (non-hydrogen) atoms. The zero-order valence-corrected chi connectivity index (χ0v) is 15.5. The van der Waals surface area contributed by atoms with Crippen LogP contribution in [0.1, 0.15) is 27.2 Å². The number of carbonyl (C=O) groups is 1. The molecule has 0 saturated heterocycles. The lowest BCUT2D eigenvalue weighted by Gasteiger charge is -2.08. The molecule has 0 fully saturated rings. The van der Waals surface area contributed by atoms with Gasteiger partial charge in [-0.2, -0.15) is 0 Å². The Labute approximate surface area is 163 Å². The molecule has 0 atom stereocenters. The van der Waals surface area contributed by atoms with Crippen molar-refractivity contribution in [2.45, 2.75) is 20.1 Å². The van der Waals surface area contributed by atoms with Crippen molar-refractivity contribution in [2.24, 2.45) is 0 Å². The number of aryl methyl sites for hydroxylation is 1. The van der Waals surface area contributed by atoms with Gasteiger partial charge in [0.1, 0.15) is 12.2 Å². The Morgan fingerprint density at radius 3 is 2.75 bits per heavy atom. The Morgan fingerprint density at radius 1 is 1.04 bits per heavy atom. The molecule has 0 saturated carbocycles. The maximum Gasteiger partial charge on any atom is 0.287 e. The van der Waals surface area contributed by atoms with Crippen LogP contribution in [0, 0.1) is 6.92 Å². The Morgan fingerprint density at radius 2 is 1.89 bits per heavy atom. The lowest BCUT2D eigenvalue weighted by Crippen LogP contribution is -2.22. The number of amides is 1. The lowest BCUT2D eigenvalue weighted by molar-refractivity contribution is 0.0925. The van der Waals surface area contributed by atoms with E-state index in [0.29, 0.717) is 30.4 Å². The molecular formula is C23H20N2O3. The summed E-state index contributed by atoms with van der Waals surface area (Å²) in [5.41, 5.74) is 3.80. The normalized spacial score (nSPS) is 10.8. The van der Waals surface area contributed by atoms with E-state index >= 15 is 0 Å². The Kier molecular flexibility index (Phi) is 5.06. The van der Waals surface area contributed by atoms with Gasteiger partial charge in [-0.05, 0) is 42.3 Å². The van der Waals surface area contributed by atoms with Crippen molar-refractivity contribution in [3.63, 3.8) is 0 Å². The molecular weight excluding hydrogens is 352 g/mol. The van der Waals surface area contributed by atoms with Crippen LogP contribution in [-0.4, -0.2) is 10.9 Å². The molecule has 1 N–H and O–H groups in total. The fourth-order valence-corrected chi connectivity index (χ4v) is 2.91. The summed E-state index contributed by atoms with van der Waals surface area (Å²) < 4.78 is 11.4. The van der Waals surface area contributed by atoms with Gasteiger partial charge in [-0.3, -0.25) is 4.79 Å². The van der Waals surface area contributed by atoms with Crippen molar-refractivity contribution in [1.29, 1.82) is 0 Å². The van der Waals surface area contributed by atoms with Crippen LogP contribution >= 0.6 is 0 Å². The van der Waals surface area contributed by atoms with Crippen molar-refractivity contribution in [3.05, 3.63) is 95.4 Å². The first-order valence-electron chi connectivity index (χ1n) is 9.07. The molecule has 0 aliphatic heterocycles. The number of nitrogens with one attached hydrogen (secondary N) is 1. The van der Waals surface area contributed by atoms with E-state index in [1.54, 1.807) is 12.3 Å². The van der Waals surface area contributed by atoms with Gasteiger partial charge < -0.3 is 14.5 Å². The number of carbonyl (C=O) groups excluding carboxylic acids is 1. The van der Waals surface area contributed by atoms with E-state index in [9.17, 15) is 4.79 Å². The molecule has 1 amide bonds. The second-order valence-corrected chi connectivity index (χ2v) is 6.61. The number of nitrogens with zero attached hydrogens (tertiary/aromatic N) is 1. The zero-order valence-electron chi connectivity index (χ0n) is 15.5. The van der Waals surface area contributed by atoms with Gasteiger partial charge in [0.2, 0.25) is 5.88 Å². The molecule has 0 aliphatic carbocycles. The maximum absolute atomic E-state index is 12.4. The van der Waals surface area contributed by atoms with E-state index < -0.39 is 0 Å². The molecule has 0 aliphatic rings. The topological polar surface area (TPSA) is 64.4 Å². The molecule has 2 aromatic carbocycles. The van der Waals surface area contributed by atoms with Crippen LogP contribution in [0.4, 0.5) is 0 Å². The summed E-state index contributed by atoms with van der Waals surface area (Å²) in [6, 6.07) is 21.2. The Bertz CT molecular complexity index is 1100. The fourth-order valence-electron chi connectivity index (χ4n) is 2.91. The second kappa shape index (κ2) is 7.96. The predicted molar refractivity (Wildman–Crippen MR) is 107 cm³/mol. The SMILES string of the molecule is Cc1ccc2oc(C(=O)NCc3ccnc(OCc4ccccc4)c3)cc2c1. The summed E-state index contributed by atoms with van der Waals surface area (Å²) in [6.07, 6.45) is 1.67. The standard InChI is InChI=1S/C23H20N2O3/c1-16-7-8-20-19(11-16)13-21(28-20)23(26)25-14-18-9-10-24-22(12-18)27-15-17-5-3-2-4-6-17/h2-13H,14-15H2,1H3,(H,25,26). The number of rotatable bonds is 6. The molecule has 0 spiro atoms. The Balaban J connectivity index is 1.38. The number of benzene rings is 2. The molecule has 4 aromatic rings. The third-order valence-electron chi connectivity index (χ3n) is 4.38. The van der Waals surface area contributed by atoms with Crippen LogP contribution in [0.15, 0.2) is 77.3 Å². The quantitative estimate of drug-likeness (QED) is 0.535. The van der Waals surface area contributed by atoms with E-state index in [0.717, 1.165) is 22.1 Å². The third kappa shape index (κ3) is 4.20. The van der Waals surface area contributed by atoms with Crippen molar-refractivity contribution in [1.82, 2.24) is 10.3 Å². The molecule has 2 aromatic heterocycles. The van der Waals surface area contributed by atoms with E-state index in [-0.39, 0.29) is 5.91 Å². The number of pyridine rings is 1. The van der Waals surface area contributed by atoms with E-state index in [4.69, 9.17) is 9.15 Å². The summed E-state index contributed by atoms with van der Waals surface area (Å²) in [5.74, 6) is 0.572. The highest BCUT2D eigenvalue weighted by Gasteiger charge is 2.12. The minimum atomic E-state index is -0.252. The van der Waals surface area contributed by atoms with Gasteiger partial charge in [-0.25, -0.2) is 4.98 Å². The van der Waals surface area contributed by atoms with E-state index in [1.165, 1.54) is 0 Å². The second-order valence-electron chi connectivity index (χ2n) is 6.61. The number of furan rings is 1. The first-order chi connectivity index (χ1) is 13.7. The summed E-state index contributed by atoms with van der Waals surface area (Å²) in [6.45, 7) is 2.81. The van der Waals surface area contributed by atoms with E-state index in [2.05, 4.69) is 10.3 Å². The summed E-state index contributed by atoms with van der Waals surface area (Å²) in [7, 11) is 0. The van der Waals surface area contributed by atoms with Crippen LogP contribution < -0.4 is 10.1 Å². The average Bonchev–Trinajstić information content (AvgIpc) is 3.15. The van der Waals surface area contributed by atoms with Crippen molar-refractivity contribution >= 4 is 16.9 Å². The van der Waals surface area contributed by atoms with Gasteiger partial charge in [0.25, 0.3) is 5.91 Å². The number of hydrogen-bond donors (Lipinski definition) is 1. The summed E-state index contributed by atoms with van der Waals surface area (Å²) >= 11 is 0. The van der Waals surface area contributed by atoms with Gasteiger partial charge in [0.05, 0.1) is 0 Å². The first-order valence-corrected chi connectivity index (χ1v) is 9.07. The summed E-state index contributed by atoms with van der Waals surface area (Å²) in [5, 5.41) is 3.80. The van der Waals surface area contributed by atoms with Gasteiger partial charge in [0.15, 0.2) is 5.76 Å². The highest BCUT2D eigenvalue weighted by molar-refractivity contribution is 5.96. The maximum atomic E-state index is 12.4. The minimum Gasteiger partial charge on any atom is -0.473 e. The van der Waals surface area contributed by atoms with Crippen LogP contribution in [0.2, 0.25) is 0 Å². The fraction of sp³-hybridized carbons (Fsp3) is 0.130. The van der Waals surface area contributed by atoms with Crippen LogP contribution in [-0.2, 0) is 13.2 Å². The predicted octanol–water partition coefficient (Wildman–Crippen LogP) is 4.65. The molecule has 4 rings (SSSR count). The molecule has 0 radical (unpaired) electrons. The molecule has 5 nitrogen and oxygen atoms in total. The molecule has 0 bridgehead atoms. The van der Waals surface area contributed by atoms with E-state index in [1.807, 2.05) is 67.6 Å². The molecule has 2 heterocycles.